The fourth-order valence-electron chi connectivity index (χ4n) is 2.72. The lowest BCUT2D eigenvalue weighted by Gasteiger charge is -2.12. The molecule has 1 heterocycles. The fourth-order valence-corrected chi connectivity index (χ4v) is 3.87. The molecule has 0 unspecified atom stereocenters. The van der Waals surface area contributed by atoms with Crippen LogP contribution in [0.5, 0.6) is 0 Å². The van der Waals surface area contributed by atoms with Crippen LogP contribution in [0.2, 0.25) is 0 Å². The van der Waals surface area contributed by atoms with Crippen molar-refractivity contribution in [3.63, 3.8) is 0 Å². The van der Waals surface area contributed by atoms with Gasteiger partial charge in [0.2, 0.25) is 0 Å². The van der Waals surface area contributed by atoms with Gasteiger partial charge in [0.05, 0.1) is 10.6 Å². The Morgan fingerprint density at radius 3 is 2.61 bits per heavy atom. The molecule has 0 bridgehead atoms. The van der Waals surface area contributed by atoms with Crippen molar-refractivity contribution >= 4 is 21.6 Å². The van der Waals surface area contributed by atoms with E-state index in [-0.39, 0.29) is 16.4 Å². The second kappa shape index (κ2) is 8.67. The number of sulfonamides is 1. The third-order valence-corrected chi connectivity index (χ3v) is 5.59. The molecule has 144 valence electrons. The van der Waals surface area contributed by atoms with Crippen molar-refractivity contribution in [2.75, 3.05) is 4.72 Å². The third kappa shape index (κ3) is 4.75. The largest absolute Gasteiger partial charge is 0.348 e. The molecule has 6 nitrogen and oxygen atoms in total. The van der Waals surface area contributed by atoms with Crippen LogP contribution in [0.25, 0.3) is 0 Å². The summed E-state index contributed by atoms with van der Waals surface area (Å²) in [5, 5.41) is 2.77. The van der Waals surface area contributed by atoms with Crippen LogP contribution in [0, 0.1) is 0 Å². The maximum absolute atomic E-state index is 12.8. The molecular formula is C21H21N3O3S. The Hall–Kier alpha value is -3.19. The summed E-state index contributed by atoms with van der Waals surface area (Å²) in [5.74, 6) is -0.352. The van der Waals surface area contributed by atoms with Gasteiger partial charge in [-0.2, -0.15) is 0 Å². The molecule has 1 amide bonds. The van der Waals surface area contributed by atoms with Crippen LogP contribution in [0.15, 0.2) is 78.0 Å². The summed E-state index contributed by atoms with van der Waals surface area (Å²) in [6, 6.07) is 16.9. The highest BCUT2D eigenvalue weighted by atomic mass is 32.2. The molecule has 0 radical (unpaired) electrons. The van der Waals surface area contributed by atoms with E-state index in [1.165, 1.54) is 12.1 Å². The molecule has 3 rings (SSSR count). The average molecular weight is 395 g/mol. The monoisotopic (exact) mass is 395 g/mol. The summed E-state index contributed by atoms with van der Waals surface area (Å²) in [7, 11) is -3.81. The van der Waals surface area contributed by atoms with Crippen LogP contribution in [0.4, 0.5) is 5.69 Å². The molecule has 2 N–H and O–H groups in total. The number of rotatable bonds is 7. The molecule has 0 spiro atoms. The Balaban J connectivity index is 1.77. The number of aryl methyl sites for hydroxylation is 1. The van der Waals surface area contributed by atoms with E-state index < -0.39 is 10.0 Å². The molecule has 0 atom stereocenters. The third-order valence-electron chi connectivity index (χ3n) is 4.22. The van der Waals surface area contributed by atoms with Crippen LogP contribution >= 0.6 is 0 Å². The quantitative estimate of drug-likeness (QED) is 0.642. The fraction of sp³-hybridized carbons (Fsp3) is 0.143. The molecule has 7 heteroatoms. The number of carbonyl (C=O) groups is 1. The van der Waals surface area contributed by atoms with Gasteiger partial charge in [-0.15, -0.1) is 0 Å². The number of pyridine rings is 1. The number of hydrogen-bond donors (Lipinski definition) is 2. The number of nitrogens with zero attached hydrogens (tertiary/aromatic N) is 1. The summed E-state index contributed by atoms with van der Waals surface area (Å²) in [5.41, 5.74) is 2.57. The first-order valence-corrected chi connectivity index (χ1v) is 10.4. The molecule has 0 aliphatic carbocycles. The molecule has 0 aliphatic heterocycles. The Labute approximate surface area is 164 Å². The van der Waals surface area contributed by atoms with Crippen molar-refractivity contribution in [2.45, 2.75) is 24.8 Å². The van der Waals surface area contributed by atoms with Gasteiger partial charge in [0.25, 0.3) is 15.9 Å². The zero-order valence-corrected chi connectivity index (χ0v) is 16.2. The number of hydrogen-bond acceptors (Lipinski definition) is 4. The van der Waals surface area contributed by atoms with Gasteiger partial charge in [-0.05, 0) is 47.9 Å². The number of carbonyl (C=O) groups excluding carboxylic acids is 1. The minimum atomic E-state index is -3.81. The standard InChI is InChI=1S/C21H21N3O3S/c1-2-17-8-3-4-11-20(17)24-28(26,27)19-10-5-9-18(13-19)21(25)23-15-16-7-6-12-22-14-16/h3-14,24H,2,15H2,1H3,(H,23,25). The predicted octanol–water partition coefficient (Wildman–Crippen LogP) is 3.37. The molecule has 28 heavy (non-hydrogen) atoms. The maximum Gasteiger partial charge on any atom is 0.261 e. The average Bonchev–Trinajstić information content (AvgIpc) is 2.73. The van der Waals surface area contributed by atoms with E-state index in [2.05, 4.69) is 15.0 Å². The lowest BCUT2D eigenvalue weighted by Crippen LogP contribution is -2.23. The zero-order valence-electron chi connectivity index (χ0n) is 15.4. The van der Waals surface area contributed by atoms with E-state index in [1.807, 2.05) is 25.1 Å². The number of anilines is 1. The minimum absolute atomic E-state index is 0.0347. The smallest absolute Gasteiger partial charge is 0.261 e. The van der Waals surface area contributed by atoms with Gasteiger partial charge in [-0.3, -0.25) is 14.5 Å². The molecule has 1 aromatic heterocycles. The van der Waals surface area contributed by atoms with Crippen molar-refractivity contribution in [2.24, 2.45) is 0 Å². The lowest BCUT2D eigenvalue weighted by molar-refractivity contribution is 0.0950. The van der Waals surface area contributed by atoms with Crippen LogP contribution in [0.1, 0.15) is 28.4 Å². The van der Waals surface area contributed by atoms with Crippen molar-refractivity contribution in [1.29, 1.82) is 0 Å². The number of para-hydroxylation sites is 1. The number of amides is 1. The second-order valence-electron chi connectivity index (χ2n) is 6.19. The van der Waals surface area contributed by atoms with Gasteiger partial charge in [0.15, 0.2) is 0 Å². The molecule has 0 aliphatic rings. The Morgan fingerprint density at radius 2 is 1.86 bits per heavy atom. The first-order chi connectivity index (χ1) is 13.5. The van der Waals surface area contributed by atoms with E-state index in [1.54, 1.807) is 42.7 Å². The maximum atomic E-state index is 12.8. The van der Waals surface area contributed by atoms with Crippen molar-refractivity contribution in [1.82, 2.24) is 10.3 Å². The first-order valence-electron chi connectivity index (χ1n) is 8.87. The Morgan fingerprint density at radius 1 is 1.04 bits per heavy atom. The number of benzene rings is 2. The van der Waals surface area contributed by atoms with E-state index in [9.17, 15) is 13.2 Å². The molecule has 0 fully saturated rings. The summed E-state index contributed by atoms with van der Waals surface area (Å²) in [6.45, 7) is 2.27. The first kappa shape index (κ1) is 19.6. The Kier molecular flexibility index (Phi) is 6.06. The topological polar surface area (TPSA) is 88.2 Å². The summed E-state index contributed by atoms with van der Waals surface area (Å²) in [6.07, 6.45) is 4.02. The highest BCUT2D eigenvalue weighted by Crippen LogP contribution is 2.21. The molecular weight excluding hydrogens is 374 g/mol. The van der Waals surface area contributed by atoms with Gasteiger partial charge in [-0.1, -0.05) is 37.3 Å². The van der Waals surface area contributed by atoms with E-state index in [0.29, 0.717) is 18.7 Å². The number of aromatic nitrogens is 1. The summed E-state index contributed by atoms with van der Waals surface area (Å²) < 4.78 is 28.2. The molecule has 2 aromatic carbocycles. The van der Waals surface area contributed by atoms with Crippen molar-refractivity contribution in [3.05, 3.63) is 89.7 Å². The molecule has 0 saturated carbocycles. The predicted molar refractivity (Wildman–Crippen MR) is 108 cm³/mol. The lowest BCUT2D eigenvalue weighted by atomic mass is 10.1. The molecule has 0 saturated heterocycles. The molecule has 3 aromatic rings. The Bertz CT molecular complexity index is 1070. The number of nitrogens with one attached hydrogen (secondary N) is 2. The van der Waals surface area contributed by atoms with E-state index in [0.717, 1.165) is 11.1 Å². The van der Waals surface area contributed by atoms with Crippen LogP contribution in [-0.4, -0.2) is 19.3 Å². The van der Waals surface area contributed by atoms with Crippen LogP contribution in [-0.2, 0) is 23.0 Å². The van der Waals surface area contributed by atoms with Gasteiger partial charge in [0.1, 0.15) is 0 Å². The summed E-state index contributed by atoms with van der Waals surface area (Å²) >= 11 is 0. The van der Waals surface area contributed by atoms with Crippen LogP contribution < -0.4 is 10.0 Å². The van der Waals surface area contributed by atoms with Gasteiger partial charge >= 0.3 is 0 Å². The highest BCUT2D eigenvalue weighted by molar-refractivity contribution is 7.92. The van der Waals surface area contributed by atoms with E-state index >= 15 is 0 Å². The minimum Gasteiger partial charge on any atom is -0.348 e. The highest BCUT2D eigenvalue weighted by Gasteiger charge is 2.17. The van der Waals surface area contributed by atoms with Gasteiger partial charge < -0.3 is 5.32 Å². The van der Waals surface area contributed by atoms with Crippen molar-refractivity contribution < 1.29 is 13.2 Å². The van der Waals surface area contributed by atoms with Gasteiger partial charge in [-0.25, -0.2) is 8.42 Å². The zero-order chi connectivity index (χ0) is 20.0. The van der Waals surface area contributed by atoms with E-state index in [4.69, 9.17) is 0 Å². The van der Waals surface area contributed by atoms with Gasteiger partial charge in [0, 0.05) is 24.5 Å². The second-order valence-corrected chi connectivity index (χ2v) is 7.87. The van der Waals surface area contributed by atoms with Crippen molar-refractivity contribution in [3.8, 4) is 0 Å². The summed E-state index contributed by atoms with van der Waals surface area (Å²) in [4.78, 5) is 16.4. The SMILES string of the molecule is CCc1ccccc1NS(=O)(=O)c1cccc(C(=O)NCc2cccnc2)c1. The van der Waals surface area contributed by atoms with Crippen LogP contribution in [0.3, 0.4) is 0 Å². The normalized spacial score (nSPS) is 11.0.